The zero-order valence-corrected chi connectivity index (χ0v) is 34.9. The maximum absolute atomic E-state index is 14.3. The third kappa shape index (κ3) is 11.2. The number of hydrogen-bond acceptors (Lipinski definition) is 10. The predicted molar refractivity (Wildman–Crippen MR) is 227 cm³/mol. The highest BCUT2D eigenvalue weighted by atomic mass is 16.5. The summed E-state index contributed by atoms with van der Waals surface area (Å²) in [5.74, 6) is -1.85. The summed E-state index contributed by atoms with van der Waals surface area (Å²) >= 11 is 0. The van der Waals surface area contributed by atoms with Gasteiger partial charge >= 0.3 is 0 Å². The highest BCUT2D eigenvalue weighted by molar-refractivity contribution is 6.01. The molecular formula is C45H58N8O7. The molecule has 0 aliphatic carbocycles. The van der Waals surface area contributed by atoms with E-state index in [1.807, 2.05) is 25.1 Å². The Balaban J connectivity index is 1.49. The lowest BCUT2D eigenvalue weighted by Gasteiger charge is -2.31. The van der Waals surface area contributed by atoms with Gasteiger partial charge in [0, 0.05) is 43.2 Å². The Bertz CT molecular complexity index is 2070. The molecule has 0 saturated carbocycles. The molecule has 0 fully saturated rings. The van der Waals surface area contributed by atoms with Crippen molar-refractivity contribution in [2.45, 2.75) is 83.3 Å². The van der Waals surface area contributed by atoms with Crippen molar-refractivity contribution in [1.29, 1.82) is 5.26 Å². The molecule has 4 bridgehead atoms. The molecule has 2 aliphatic rings. The first-order chi connectivity index (χ1) is 29.0. The summed E-state index contributed by atoms with van der Waals surface area (Å²) in [4.78, 5) is 71.6. The molecule has 5 rings (SSSR count). The van der Waals surface area contributed by atoms with Crippen LogP contribution in [0.2, 0.25) is 0 Å². The van der Waals surface area contributed by atoms with E-state index in [2.05, 4.69) is 28.9 Å². The van der Waals surface area contributed by atoms with E-state index in [0.29, 0.717) is 39.3 Å². The molecule has 3 aromatic carbocycles. The van der Waals surface area contributed by atoms with E-state index in [-0.39, 0.29) is 57.8 Å². The average molecular weight is 823 g/mol. The molecule has 2 heterocycles. The van der Waals surface area contributed by atoms with E-state index in [9.17, 15) is 24.0 Å². The zero-order chi connectivity index (χ0) is 43.2. The summed E-state index contributed by atoms with van der Waals surface area (Å²) < 4.78 is 12.2. The molecule has 5 amide bonds. The van der Waals surface area contributed by atoms with Crippen molar-refractivity contribution in [3.05, 3.63) is 82.4 Å². The number of unbranched alkanes of at least 4 members (excludes halogenated alkanes) is 5. The van der Waals surface area contributed by atoms with E-state index in [4.69, 9.17) is 26.2 Å². The van der Waals surface area contributed by atoms with Crippen LogP contribution in [0.5, 0.6) is 11.5 Å². The monoisotopic (exact) mass is 822 g/mol. The molecule has 0 radical (unpaired) electrons. The summed E-state index contributed by atoms with van der Waals surface area (Å²) in [5, 5.41) is 16.9. The van der Waals surface area contributed by atoms with Crippen LogP contribution in [0, 0.1) is 11.3 Å². The largest absolute Gasteiger partial charge is 0.492 e. The number of carbonyl (C=O) groups excluding carboxylic acids is 5. The Morgan fingerprint density at radius 1 is 0.917 bits per heavy atom. The molecular weight excluding hydrogens is 765 g/mol. The maximum Gasteiger partial charge on any atom is 0.255 e. The number of benzene rings is 3. The number of nitrogens with one attached hydrogen (secondary N) is 3. The van der Waals surface area contributed by atoms with Crippen LogP contribution in [0.4, 0.5) is 0 Å². The Labute approximate surface area is 352 Å². The van der Waals surface area contributed by atoms with Crippen LogP contribution in [-0.2, 0) is 32.0 Å². The fraction of sp³-hybridized carbons (Fsp3) is 0.467. The Kier molecular flexibility index (Phi) is 16.4. The molecule has 0 aromatic heterocycles. The standard InChI is InChI=1S/C45H58N8O7/c1-4-5-6-7-8-9-10-30-11-14-33-34(23-30)29(2)53(45(33)58)28-41(55)52(3)42-32-13-16-39(60-22-19-48)36(26-32)35-24-31(12-15-38(35)59-21-18-47)25-37(43(56)49-20-17-46)51-40(54)27-50-44(42)57/h11-16,23-24,26,29,37,42H,4-10,18-22,25,27-28,47-48H2,1-3H3,(H,49,56)(H,50,57)(H,51,54). The Hall–Kier alpha value is -5.98. The van der Waals surface area contributed by atoms with Gasteiger partial charge in [0.2, 0.25) is 23.6 Å². The minimum Gasteiger partial charge on any atom is -0.492 e. The van der Waals surface area contributed by atoms with Gasteiger partial charge in [-0.2, -0.15) is 5.26 Å². The van der Waals surface area contributed by atoms with Gasteiger partial charge < -0.3 is 46.7 Å². The quantitative estimate of drug-likeness (QED) is 0.0929. The Morgan fingerprint density at radius 3 is 2.30 bits per heavy atom. The van der Waals surface area contributed by atoms with Crippen molar-refractivity contribution in [3.63, 3.8) is 0 Å². The van der Waals surface area contributed by atoms with Gasteiger partial charge in [0.05, 0.1) is 18.7 Å². The number of nitriles is 1. The third-order valence-electron chi connectivity index (χ3n) is 10.9. The van der Waals surface area contributed by atoms with Gasteiger partial charge in [-0.25, -0.2) is 0 Å². The molecule has 7 N–H and O–H groups in total. The van der Waals surface area contributed by atoms with E-state index in [1.54, 1.807) is 36.4 Å². The molecule has 2 aliphatic heterocycles. The van der Waals surface area contributed by atoms with Crippen LogP contribution in [0.15, 0.2) is 54.6 Å². The maximum atomic E-state index is 14.3. The van der Waals surface area contributed by atoms with E-state index in [1.165, 1.54) is 42.5 Å². The fourth-order valence-electron chi connectivity index (χ4n) is 7.71. The van der Waals surface area contributed by atoms with Crippen LogP contribution >= 0.6 is 0 Å². The lowest BCUT2D eigenvalue weighted by atomic mass is 9.93. The predicted octanol–water partition coefficient (Wildman–Crippen LogP) is 3.44. The van der Waals surface area contributed by atoms with Crippen LogP contribution in [-0.4, -0.2) is 98.4 Å². The second-order valence-corrected chi connectivity index (χ2v) is 15.2. The SMILES string of the molecule is CCCCCCCCc1ccc2c(c1)C(C)N(CC(=O)N(C)C1C(=O)NCC(=O)NC(C(=O)NCC#N)Cc3ccc(OCCN)c(c3)-c3cc1ccc3OCCN)C2=O. The Morgan fingerprint density at radius 2 is 1.60 bits per heavy atom. The number of rotatable bonds is 18. The number of likely N-dealkylation sites (N-methyl/N-ethyl adjacent to an activating group) is 1. The summed E-state index contributed by atoms with van der Waals surface area (Å²) in [6.07, 6.45) is 8.06. The van der Waals surface area contributed by atoms with Crippen LogP contribution < -0.4 is 36.9 Å². The zero-order valence-electron chi connectivity index (χ0n) is 34.9. The van der Waals surface area contributed by atoms with Gasteiger partial charge in [-0.15, -0.1) is 0 Å². The van der Waals surface area contributed by atoms with Gasteiger partial charge in [0.15, 0.2) is 0 Å². The van der Waals surface area contributed by atoms with Crippen molar-refractivity contribution in [3.8, 4) is 28.7 Å². The molecule has 60 heavy (non-hydrogen) atoms. The smallest absolute Gasteiger partial charge is 0.255 e. The summed E-state index contributed by atoms with van der Waals surface area (Å²) in [6, 6.07) is 15.4. The number of nitrogens with two attached hydrogens (primary N) is 2. The molecule has 3 unspecified atom stereocenters. The molecule has 15 heteroatoms. The number of nitrogens with zero attached hydrogens (tertiary/aromatic N) is 3. The molecule has 0 saturated heterocycles. The van der Waals surface area contributed by atoms with Crippen molar-refractivity contribution in [2.24, 2.45) is 11.5 Å². The van der Waals surface area contributed by atoms with E-state index >= 15 is 0 Å². The summed E-state index contributed by atoms with van der Waals surface area (Å²) in [7, 11) is 1.48. The topological polar surface area (TPSA) is 222 Å². The second kappa shape index (κ2) is 21.9. The number of amides is 5. The van der Waals surface area contributed by atoms with Gasteiger partial charge in [-0.1, -0.05) is 63.3 Å². The first-order valence-electron chi connectivity index (χ1n) is 20.8. The first-order valence-corrected chi connectivity index (χ1v) is 20.8. The minimum atomic E-state index is -1.28. The average Bonchev–Trinajstić information content (AvgIpc) is 3.48. The molecule has 3 aromatic rings. The van der Waals surface area contributed by atoms with Crippen LogP contribution in [0.25, 0.3) is 11.1 Å². The normalized spacial score (nSPS) is 17.4. The van der Waals surface area contributed by atoms with E-state index in [0.717, 1.165) is 30.4 Å². The highest BCUT2D eigenvalue weighted by Gasteiger charge is 2.38. The number of carbonyl (C=O) groups is 5. The number of hydrogen-bond donors (Lipinski definition) is 5. The summed E-state index contributed by atoms with van der Waals surface area (Å²) in [5.41, 5.74) is 16.3. The van der Waals surface area contributed by atoms with Crippen molar-refractivity contribution < 1.29 is 33.4 Å². The van der Waals surface area contributed by atoms with Crippen LogP contribution in [0.3, 0.4) is 0 Å². The first kappa shape index (κ1) is 45.1. The molecule has 15 nitrogen and oxygen atoms in total. The van der Waals surface area contributed by atoms with Crippen LogP contribution in [0.1, 0.15) is 97.1 Å². The lowest BCUT2D eigenvalue weighted by molar-refractivity contribution is -0.140. The van der Waals surface area contributed by atoms with E-state index < -0.39 is 42.3 Å². The van der Waals surface area contributed by atoms with Crippen molar-refractivity contribution in [1.82, 2.24) is 25.8 Å². The highest BCUT2D eigenvalue weighted by Crippen LogP contribution is 2.40. The summed E-state index contributed by atoms with van der Waals surface area (Å²) in [6.45, 7) is 3.81. The van der Waals surface area contributed by atoms with Gasteiger partial charge in [-0.05, 0) is 72.4 Å². The second-order valence-electron chi connectivity index (χ2n) is 15.2. The van der Waals surface area contributed by atoms with Crippen molar-refractivity contribution >= 4 is 29.5 Å². The third-order valence-corrected chi connectivity index (χ3v) is 10.9. The molecule has 320 valence electrons. The number of aryl methyl sites for hydroxylation is 1. The van der Waals surface area contributed by atoms with Gasteiger partial charge in [0.25, 0.3) is 5.91 Å². The number of ether oxygens (including phenoxy) is 2. The lowest BCUT2D eigenvalue weighted by Crippen LogP contribution is -2.52. The molecule has 0 spiro atoms. The van der Waals surface area contributed by atoms with Gasteiger partial charge in [0.1, 0.15) is 49.9 Å². The van der Waals surface area contributed by atoms with Crippen molar-refractivity contribution in [2.75, 3.05) is 53.0 Å². The number of fused-ring (bicyclic) bond motifs is 6. The van der Waals surface area contributed by atoms with Gasteiger partial charge in [-0.3, -0.25) is 24.0 Å². The minimum absolute atomic E-state index is 0.0393. The fourth-order valence-corrected chi connectivity index (χ4v) is 7.71. The molecule has 3 atom stereocenters.